The number of fused-ring (bicyclic) bond motifs is 1. The zero-order chi connectivity index (χ0) is 18.5. The molecule has 0 saturated heterocycles. The lowest BCUT2D eigenvalue weighted by atomic mass is 10.1. The summed E-state index contributed by atoms with van der Waals surface area (Å²) < 4.78 is 7.48. The molecule has 0 atom stereocenters. The smallest absolute Gasteiger partial charge is 0.226 e. The van der Waals surface area contributed by atoms with Crippen molar-refractivity contribution in [1.29, 1.82) is 0 Å². The molecule has 138 valence electrons. The van der Waals surface area contributed by atoms with E-state index in [0.717, 1.165) is 34.2 Å². The van der Waals surface area contributed by atoms with Gasteiger partial charge in [-0.25, -0.2) is 4.98 Å². The number of nitrogens with zero attached hydrogens (tertiary/aromatic N) is 3. The van der Waals surface area contributed by atoms with E-state index in [2.05, 4.69) is 10.3 Å². The fraction of sp³-hybridized carbons (Fsp3) is 0.368. The molecule has 0 aliphatic rings. The van der Waals surface area contributed by atoms with Crippen LogP contribution in [0.25, 0.3) is 16.2 Å². The monoisotopic (exact) mass is 372 g/mol. The van der Waals surface area contributed by atoms with Gasteiger partial charge in [0.05, 0.1) is 18.7 Å². The van der Waals surface area contributed by atoms with Crippen LogP contribution in [0.3, 0.4) is 0 Å². The van der Waals surface area contributed by atoms with E-state index >= 15 is 0 Å². The van der Waals surface area contributed by atoms with Gasteiger partial charge in [0, 0.05) is 35.9 Å². The highest BCUT2D eigenvalue weighted by Crippen LogP contribution is 2.25. The van der Waals surface area contributed by atoms with Crippen LogP contribution in [0.1, 0.15) is 12.6 Å². The van der Waals surface area contributed by atoms with Crippen molar-refractivity contribution in [2.45, 2.75) is 13.3 Å². The minimum absolute atomic E-state index is 0.0304. The van der Waals surface area contributed by atoms with Crippen molar-refractivity contribution < 1.29 is 9.53 Å². The highest BCUT2D eigenvalue weighted by Gasteiger charge is 2.12. The molecule has 3 rings (SSSR count). The number of carbonyl (C=O) groups excluding carboxylic acids is 1. The van der Waals surface area contributed by atoms with Crippen molar-refractivity contribution in [2.75, 3.05) is 33.8 Å². The maximum atomic E-state index is 12.1. The van der Waals surface area contributed by atoms with Crippen molar-refractivity contribution in [3.05, 3.63) is 41.5 Å². The topological polar surface area (TPSA) is 58.9 Å². The van der Waals surface area contributed by atoms with Gasteiger partial charge < -0.3 is 15.0 Å². The van der Waals surface area contributed by atoms with E-state index < -0.39 is 0 Å². The minimum Gasteiger partial charge on any atom is -0.494 e. The number of aromatic nitrogens is 2. The van der Waals surface area contributed by atoms with E-state index in [1.165, 1.54) is 0 Å². The van der Waals surface area contributed by atoms with Gasteiger partial charge in [-0.15, -0.1) is 11.3 Å². The molecule has 1 amide bonds. The van der Waals surface area contributed by atoms with Gasteiger partial charge in [0.2, 0.25) is 5.91 Å². The lowest BCUT2D eigenvalue weighted by molar-refractivity contribution is -0.120. The molecular weight excluding hydrogens is 348 g/mol. The molecule has 0 unspecified atom stereocenters. The fourth-order valence-corrected chi connectivity index (χ4v) is 3.50. The Kier molecular flexibility index (Phi) is 5.90. The quantitative estimate of drug-likeness (QED) is 0.660. The molecule has 0 aliphatic heterocycles. The van der Waals surface area contributed by atoms with Crippen LogP contribution in [0.2, 0.25) is 0 Å². The molecule has 1 N–H and O–H groups in total. The Morgan fingerprint density at radius 1 is 1.31 bits per heavy atom. The van der Waals surface area contributed by atoms with Crippen molar-refractivity contribution in [2.24, 2.45) is 0 Å². The first kappa shape index (κ1) is 18.4. The van der Waals surface area contributed by atoms with E-state index in [1.807, 2.05) is 66.2 Å². The fourth-order valence-electron chi connectivity index (χ4n) is 2.63. The predicted octanol–water partition coefficient (Wildman–Crippen LogP) is 2.68. The van der Waals surface area contributed by atoms with Gasteiger partial charge in [-0.2, -0.15) is 0 Å². The third-order valence-corrected chi connectivity index (χ3v) is 4.86. The number of carbonyl (C=O) groups is 1. The molecule has 0 spiro atoms. The van der Waals surface area contributed by atoms with Gasteiger partial charge in [-0.3, -0.25) is 9.20 Å². The van der Waals surface area contributed by atoms with Crippen LogP contribution in [0.5, 0.6) is 5.75 Å². The van der Waals surface area contributed by atoms with Crippen LogP contribution in [0, 0.1) is 0 Å². The minimum atomic E-state index is 0.0304. The Morgan fingerprint density at radius 2 is 2.08 bits per heavy atom. The summed E-state index contributed by atoms with van der Waals surface area (Å²) in [4.78, 5) is 19.8. The summed E-state index contributed by atoms with van der Waals surface area (Å²) in [6.45, 7) is 4.10. The number of thiazole rings is 1. The van der Waals surface area contributed by atoms with Crippen molar-refractivity contribution in [1.82, 2.24) is 19.6 Å². The van der Waals surface area contributed by atoms with E-state index in [-0.39, 0.29) is 5.91 Å². The standard InChI is InChI=1S/C19H24N4O2S/c1-4-25-16-7-5-14(6-8-16)17-12-23-15(13-26-19(23)21-17)11-18(24)20-9-10-22(2)3/h5-8,12-13H,4,9-11H2,1-3H3,(H,20,24). The number of imidazole rings is 1. The van der Waals surface area contributed by atoms with Gasteiger partial charge >= 0.3 is 0 Å². The second-order valence-electron chi connectivity index (χ2n) is 6.29. The zero-order valence-electron chi connectivity index (χ0n) is 15.4. The Hall–Kier alpha value is -2.38. The molecule has 6 nitrogen and oxygen atoms in total. The third kappa shape index (κ3) is 4.42. The van der Waals surface area contributed by atoms with Gasteiger partial charge in [-0.05, 0) is 45.3 Å². The van der Waals surface area contributed by atoms with Crippen molar-refractivity contribution in [3.8, 4) is 17.0 Å². The van der Waals surface area contributed by atoms with Crippen LogP contribution >= 0.6 is 11.3 Å². The average molecular weight is 372 g/mol. The largest absolute Gasteiger partial charge is 0.494 e. The summed E-state index contributed by atoms with van der Waals surface area (Å²) in [5.41, 5.74) is 2.89. The first-order valence-electron chi connectivity index (χ1n) is 8.67. The Morgan fingerprint density at radius 3 is 2.77 bits per heavy atom. The summed E-state index contributed by atoms with van der Waals surface area (Å²) >= 11 is 1.55. The van der Waals surface area contributed by atoms with Crippen LogP contribution < -0.4 is 10.1 Å². The average Bonchev–Trinajstić information content (AvgIpc) is 3.18. The van der Waals surface area contributed by atoms with Crippen LogP contribution in [0.4, 0.5) is 0 Å². The third-order valence-electron chi connectivity index (χ3n) is 3.97. The second-order valence-corrected chi connectivity index (χ2v) is 7.13. The molecule has 2 aromatic heterocycles. The molecule has 7 heteroatoms. The number of ether oxygens (including phenoxy) is 1. The second kappa shape index (κ2) is 8.33. The van der Waals surface area contributed by atoms with Gasteiger partial charge in [0.1, 0.15) is 5.75 Å². The number of nitrogens with one attached hydrogen (secondary N) is 1. The lowest BCUT2D eigenvalue weighted by Gasteiger charge is -2.10. The van der Waals surface area contributed by atoms with Gasteiger partial charge in [0.15, 0.2) is 4.96 Å². The molecule has 0 saturated carbocycles. The number of hydrogen-bond donors (Lipinski definition) is 1. The number of rotatable bonds is 8. The zero-order valence-corrected chi connectivity index (χ0v) is 16.2. The highest BCUT2D eigenvalue weighted by atomic mass is 32.1. The van der Waals surface area contributed by atoms with Crippen molar-refractivity contribution >= 4 is 22.2 Å². The van der Waals surface area contributed by atoms with Crippen molar-refractivity contribution in [3.63, 3.8) is 0 Å². The summed E-state index contributed by atoms with van der Waals surface area (Å²) in [7, 11) is 3.98. The van der Waals surface area contributed by atoms with Gasteiger partial charge in [0.25, 0.3) is 0 Å². The summed E-state index contributed by atoms with van der Waals surface area (Å²) in [5.74, 6) is 0.884. The Labute approximate surface area is 157 Å². The maximum absolute atomic E-state index is 12.1. The normalized spacial score (nSPS) is 11.2. The molecular formula is C19H24N4O2S. The predicted molar refractivity (Wildman–Crippen MR) is 105 cm³/mol. The summed E-state index contributed by atoms with van der Waals surface area (Å²) in [6.07, 6.45) is 2.34. The highest BCUT2D eigenvalue weighted by molar-refractivity contribution is 7.15. The first-order valence-corrected chi connectivity index (χ1v) is 9.55. The SMILES string of the molecule is CCOc1ccc(-c2cn3c(CC(=O)NCCN(C)C)csc3n2)cc1. The molecule has 0 radical (unpaired) electrons. The molecule has 0 aliphatic carbocycles. The van der Waals surface area contributed by atoms with Gasteiger partial charge in [-0.1, -0.05) is 0 Å². The summed E-state index contributed by atoms with van der Waals surface area (Å²) in [5, 5.41) is 4.95. The van der Waals surface area contributed by atoms with Crippen LogP contribution in [0.15, 0.2) is 35.8 Å². The van der Waals surface area contributed by atoms with E-state index in [4.69, 9.17) is 4.74 Å². The molecule has 1 aromatic carbocycles. The molecule has 0 fully saturated rings. The molecule has 0 bridgehead atoms. The number of likely N-dealkylation sites (N-methyl/N-ethyl adjacent to an activating group) is 1. The van der Waals surface area contributed by atoms with Crippen LogP contribution in [-0.4, -0.2) is 54.0 Å². The Bertz CT molecular complexity index is 867. The number of amides is 1. The molecule has 26 heavy (non-hydrogen) atoms. The van der Waals surface area contributed by atoms with E-state index in [1.54, 1.807) is 11.3 Å². The number of benzene rings is 1. The molecule has 3 aromatic rings. The first-order chi connectivity index (χ1) is 12.6. The van der Waals surface area contributed by atoms with E-state index in [0.29, 0.717) is 19.6 Å². The number of hydrogen-bond acceptors (Lipinski definition) is 5. The molecule has 2 heterocycles. The Balaban J connectivity index is 1.71. The maximum Gasteiger partial charge on any atom is 0.226 e. The van der Waals surface area contributed by atoms with Crippen LogP contribution in [-0.2, 0) is 11.2 Å². The van der Waals surface area contributed by atoms with E-state index in [9.17, 15) is 4.79 Å². The summed E-state index contributed by atoms with van der Waals surface area (Å²) in [6, 6.07) is 7.91. The lowest BCUT2D eigenvalue weighted by Crippen LogP contribution is -2.32.